The number of aryl methyl sites for hydroxylation is 2. The Morgan fingerprint density at radius 1 is 1.11 bits per heavy atom. The van der Waals surface area contributed by atoms with Crippen LogP contribution in [0.2, 0.25) is 0 Å². The van der Waals surface area contributed by atoms with Gasteiger partial charge in [-0.3, -0.25) is 30.3 Å². The zero-order valence-corrected chi connectivity index (χ0v) is 25.7. The second-order valence-corrected chi connectivity index (χ2v) is 12.2. The number of nitrogens with one attached hydrogen (secondary N) is 2. The Morgan fingerprint density at radius 2 is 1.93 bits per heavy atom. The number of hydrogen-bond donors (Lipinski definition) is 4. The van der Waals surface area contributed by atoms with E-state index in [9.17, 15) is 9.59 Å². The van der Waals surface area contributed by atoms with Crippen LogP contribution in [0.4, 0.5) is 15.8 Å². The van der Waals surface area contributed by atoms with Crippen LogP contribution in [0.3, 0.4) is 0 Å². The number of amides is 1. The number of carbonyl (C=O) groups excluding carboxylic acids is 1. The molecular formula is C33H40FN9O2. The molecule has 6 rings (SSSR count). The number of halogens is 1. The van der Waals surface area contributed by atoms with Crippen molar-refractivity contribution in [3.8, 4) is 0 Å². The van der Waals surface area contributed by atoms with Gasteiger partial charge in [0.25, 0.3) is 5.91 Å². The summed E-state index contributed by atoms with van der Waals surface area (Å²) in [5.74, 6) is 3.87. The van der Waals surface area contributed by atoms with Crippen LogP contribution in [0.5, 0.6) is 0 Å². The number of pyridine rings is 3. The van der Waals surface area contributed by atoms with Gasteiger partial charge in [0.05, 0.1) is 23.1 Å². The van der Waals surface area contributed by atoms with Crippen LogP contribution >= 0.6 is 0 Å². The number of carbonyl (C=O) groups is 1. The van der Waals surface area contributed by atoms with Gasteiger partial charge in [0.2, 0.25) is 0 Å². The van der Waals surface area contributed by atoms with Crippen molar-refractivity contribution in [1.82, 2.24) is 24.9 Å². The highest BCUT2D eigenvalue weighted by Crippen LogP contribution is 2.38. The largest absolute Gasteiger partial charge is 0.369 e. The predicted molar refractivity (Wildman–Crippen MR) is 173 cm³/mol. The zero-order valence-electron chi connectivity index (χ0n) is 25.7. The van der Waals surface area contributed by atoms with Gasteiger partial charge < -0.3 is 20.5 Å². The maximum Gasteiger partial charge on any atom is 0.257 e. The van der Waals surface area contributed by atoms with E-state index >= 15 is 4.39 Å². The number of nitrogens with zero attached hydrogens (tertiary/aromatic N) is 5. The number of fused-ring (bicyclic) bond motifs is 1. The van der Waals surface area contributed by atoms with E-state index in [1.165, 1.54) is 12.1 Å². The highest BCUT2D eigenvalue weighted by molar-refractivity contribution is 5.96. The van der Waals surface area contributed by atoms with Crippen molar-refractivity contribution < 1.29 is 9.18 Å². The highest BCUT2D eigenvalue weighted by Gasteiger charge is 2.30. The maximum atomic E-state index is 15.3. The summed E-state index contributed by atoms with van der Waals surface area (Å²) < 4.78 is 17.4. The lowest BCUT2D eigenvalue weighted by Crippen LogP contribution is -2.50. The Kier molecular flexibility index (Phi) is 8.90. The molecule has 12 heteroatoms. The van der Waals surface area contributed by atoms with E-state index < -0.39 is 17.9 Å². The molecule has 1 aliphatic heterocycles. The molecule has 3 aromatic heterocycles. The van der Waals surface area contributed by atoms with Crippen molar-refractivity contribution in [2.24, 2.45) is 11.6 Å². The summed E-state index contributed by atoms with van der Waals surface area (Å²) in [6, 6.07) is 11.4. The number of nitrogens with two attached hydrogens (primary N) is 2. The molecule has 11 nitrogen and oxygen atoms in total. The van der Waals surface area contributed by atoms with Crippen molar-refractivity contribution in [2.75, 3.05) is 23.3 Å². The van der Waals surface area contributed by atoms with Crippen LogP contribution in [-0.4, -0.2) is 50.6 Å². The van der Waals surface area contributed by atoms with Gasteiger partial charge in [0.1, 0.15) is 12.0 Å². The number of anilines is 2. The van der Waals surface area contributed by atoms with Gasteiger partial charge in [0.15, 0.2) is 5.43 Å². The summed E-state index contributed by atoms with van der Waals surface area (Å²) in [6.45, 7) is 6.75. The van der Waals surface area contributed by atoms with Gasteiger partial charge in [-0.15, -0.1) is 0 Å². The lowest BCUT2D eigenvalue weighted by molar-refractivity contribution is -0.118. The van der Waals surface area contributed by atoms with Crippen LogP contribution in [0.25, 0.3) is 10.9 Å². The molecule has 4 aromatic rings. The fourth-order valence-electron chi connectivity index (χ4n) is 6.18. The normalized spacial score (nSPS) is 17.6. The summed E-state index contributed by atoms with van der Waals surface area (Å²) >= 11 is 0. The fraction of sp³-hybridized carbons (Fsp3) is 0.394. The third-order valence-electron chi connectivity index (χ3n) is 8.75. The monoisotopic (exact) mass is 613 g/mol. The molecule has 2 atom stereocenters. The average molecular weight is 614 g/mol. The Labute approximate surface area is 261 Å². The first-order valence-electron chi connectivity index (χ1n) is 15.4. The van der Waals surface area contributed by atoms with Crippen molar-refractivity contribution in [3.63, 3.8) is 0 Å². The molecule has 2 fully saturated rings. The third-order valence-corrected chi connectivity index (χ3v) is 8.75. The number of piperidine rings is 1. The summed E-state index contributed by atoms with van der Waals surface area (Å²) in [5, 5.41) is 2.77. The minimum Gasteiger partial charge on any atom is -0.369 e. The van der Waals surface area contributed by atoms with E-state index in [0.29, 0.717) is 24.2 Å². The molecule has 4 heterocycles. The smallest absolute Gasteiger partial charge is 0.257 e. The van der Waals surface area contributed by atoms with Gasteiger partial charge in [-0.2, -0.15) is 0 Å². The first kappa shape index (κ1) is 30.8. The summed E-state index contributed by atoms with van der Waals surface area (Å²) in [5.41, 5.74) is 12.8. The van der Waals surface area contributed by atoms with Crippen molar-refractivity contribution >= 4 is 28.2 Å². The van der Waals surface area contributed by atoms with Gasteiger partial charge in [0, 0.05) is 73.0 Å². The number of hydrazine groups is 1. The SMILES string of the molecule is Cc1ccc(N2CCC[C@H](N(Cc3ccnc(C)c3)Cc3cn(C4CC4)c4cc(NC(=O)C(N)NN)c(F)cc4c3=O)C2)cn1. The quantitative estimate of drug-likeness (QED) is 0.120. The molecule has 2 aliphatic rings. The third kappa shape index (κ3) is 6.89. The number of benzene rings is 1. The molecule has 1 aromatic carbocycles. The Bertz CT molecular complexity index is 1760. The molecule has 0 radical (unpaired) electrons. The summed E-state index contributed by atoms with van der Waals surface area (Å²) in [6.07, 6.45) is 8.38. The number of rotatable bonds is 10. The van der Waals surface area contributed by atoms with Crippen molar-refractivity contribution in [3.05, 3.63) is 93.5 Å². The number of hydrogen-bond acceptors (Lipinski definition) is 9. The summed E-state index contributed by atoms with van der Waals surface area (Å²) in [4.78, 5) is 40.0. The van der Waals surface area contributed by atoms with Crippen molar-refractivity contribution in [1.29, 1.82) is 0 Å². The molecule has 6 N–H and O–H groups in total. The average Bonchev–Trinajstić information content (AvgIpc) is 3.88. The molecule has 1 aliphatic carbocycles. The maximum absolute atomic E-state index is 15.3. The molecule has 1 saturated heterocycles. The molecule has 1 unspecified atom stereocenters. The van der Waals surface area contributed by atoms with Gasteiger partial charge >= 0.3 is 0 Å². The second kappa shape index (κ2) is 13.0. The molecule has 0 spiro atoms. The second-order valence-electron chi connectivity index (χ2n) is 12.2. The zero-order chi connectivity index (χ0) is 31.7. The van der Waals surface area contributed by atoms with Crippen LogP contribution in [0, 0.1) is 19.7 Å². The Balaban J connectivity index is 1.36. The van der Waals surface area contributed by atoms with E-state index in [-0.39, 0.29) is 28.6 Å². The van der Waals surface area contributed by atoms with E-state index in [0.717, 1.165) is 61.4 Å². The topological polar surface area (TPSA) is 147 Å². The van der Waals surface area contributed by atoms with Crippen LogP contribution in [0.15, 0.2) is 59.8 Å². The molecular weight excluding hydrogens is 573 g/mol. The Morgan fingerprint density at radius 3 is 2.64 bits per heavy atom. The van der Waals surface area contributed by atoms with E-state index in [1.54, 1.807) is 0 Å². The van der Waals surface area contributed by atoms with Gasteiger partial charge in [-0.1, -0.05) is 0 Å². The van der Waals surface area contributed by atoms with Gasteiger partial charge in [-0.05, 0) is 81.5 Å². The summed E-state index contributed by atoms with van der Waals surface area (Å²) in [7, 11) is 0. The van der Waals surface area contributed by atoms with E-state index in [2.05, 4.69) is 47.2 Å². The van der Waals surface area contributed by atoms with Crippen molar-refractivity contribution in [2.45, 2.75) is 70.9 Å². The van der Waals surface area contributed by atoms with Crippen LogP contribution in [0.1, 0.15) is 54.2 Å². The first-order valence-corrected chi connectivity index (χ1v) is 15.4. The minimum atomic E-state index is -1.21. The minimum absolute atomic E-state index is 0.0534. The lowest BCUT2D eigenvalue weighted by Gasteiger charge is -2.40. The molecule has 1 amide bonds. The molecule has 1 saturated carbocycles. The van der Waals surface area contributed by atoms with E-state index in [1.807, 2.05) is 44.6 Å². The Hall–Kier alpha value is -4.23. The fourth-order valence-corrected chi connectivity index (χ4v) is 6.18. The molecule has 0 bridgehead atoms. The standard InChI is InChI=1S/C33H40FN9O2/c1-20-5-6-25(15-38-20)41-11-3-4-26(19-41)42(16-22-9-10-37-21(2)12-22)17-23-18-43(24-7-8-24)30-14-29(39-33(45)32(35)40-36)28(34)13-27(30)31(23)44/h5-6,9-10,12-15,18,24,26,32,40H,3-4,7-8,11,16-17,19,35-36H2,1-2H3,(H,39,45)/t26-,32?/m0/s1. The van der Waals surface area contributed by atoms with Crippen LogP contribution in [-0.2, 0) is 17.9 Å². The lowest BCUT2D eigenvalue weighted by atomic mass is 10.0. The number of aromatic nitrogens is 3. The molecule has 236 valence electrons. The molecule has 45 heavy (non-hydrogen) atoms. The first-order chi connectivity index (χ1) is 21.7. The van der Waals surface area contributed by atoms with Gasteiger partial charge in [-0.25, -0.2) is 9.82 Å². The van der Waals surface area contributed by atoms with E-state index in [4.69, 9.17) is 11.6 Å². The highest BCUT2D eigenvalue weighted by atomic mass is 19.1. The van der Waals surface area contributed by atoms with Crippen LogP contribution < -0.4 is 32.6 Å². The predicted octanol–water partition coefficient (Wildman–Crippen LogP) is 3.24.